The van der Waals surface area contributed by atoms with E-state index in [1.54, 1.807) is 33.7 Å². The molecule has 2 aliphatic rings. The summed E-state index contributed by atoms with van der Waals surface area (Å²) in [6.45, 7) is 11.3. The van der Waals surface area contributed by atoms with Crippen molar-refractivity contribution in [2.45, 2.75) is 110 Å². The third-order valence-corrected chi connectivity index (χ3v) is 11.1. The maximum Gasteiger partial charge on any atom is 0.516 e. The van der Waals surface area contributed by atoms with Crippen molar-refractivity contribution in [3.05, 3.63) is 71.7 Å². The van der Waals surface area contributed by atoms with Crippen LogP contribution in [-0.2, 0) is 28.6 Å². The molecule has 1 unspecified atom stereocenters. The number of benzene rings is 1. The fourth-order valence-corrected chi connectivity index (χ4v) is 7.62. The highest BCUT2D eigenvalue weighted by atomic mass is 33.1. The lowest BCUT2D eigenvalue weighted by Crippen LogP contribution is -2.26. The van der Waals surface area contributed by atoms with E-state index in [1.165, 1.54) is 0 Å². The molecule has 0 bridgehead atoms. The Kier molecular flexibility index (Phi) is 17.4. The molecular weight excluding hydrogens is 677 g/mol. The Balaban J connectivity index is 1.40. The van der Waals surface area contributed by atoms with Gasteiger partial charge in [0.05, 0.1) is 5.60 Å². The van der Waals surface area contributed by atoms with Crippen LogP contribution in [-0.4, -0.2) is 47.5 Å². The van der Waals surface area contributed by atoms with Gasteiger partial charge in [0.25, 0.3) is 0 Å². The van der Waals surface area contributed by atoms with Crippen LogP contribution in [0.25, 0.3) is 4.91 Å². The van der Waals surface area contributed by atoms with Gasteiger partial charge < -0.3 is 24.1 Å². The molecule has 1 aliphatic carbocycles. The molecule has 50 heavy (non-hydrogen) atoms. The molecule has 0 amide bonds. The van der Waals surface area contributed by atoms with Gasteiger partial charge >= 0.3 is 18.1 Å². The number of hydrogen-bond donors (Lipinski definition) is 1. The lowest BCUT2D eigenvalue weighted by atomic mass is 9.88. The zero-order chi connectivity index (χ0) is 36.5. The van der Waals surface area contributed by atoms with Crippen molar-refractivity contribution in [2.75, 3.05) is 6.79 Å². The second kappa shape index (κ2) is 21.2. The van der Waals surface area contributed by atoms with Gasteiger partial charge in [-0.15, -0.1) is 0 Å². The summed E-state index contributed by atoms with van der Waals surface area (Å²) < 4.78 is 20.8. The van der Waals surface area contributed by atoms with E-state index in [9.17, 15) is 24.3 Å². The Labute approximate surface area is 304 Å². The maximum atomic E-state index is 13.1. The minimum absolute atomic E-state index is 0.0501. The summed E-state index contributed by atoms with van der Waals surface area (Å²) in [4.78, 5) is 51.9. The van der Waals surface area contributed by atoms with Crippen LogP contribution >= 0.6 is 21.6 Å². The van der Waals surface area contributed by atoms with Gasteiger partial charge in [0.1, 0.15) is 17.6 Å². The van der Waals surface area contributed by atoms with E-state index in [0.29, 0.717) is 44.3 Å². The normalized spacial score (nSPS) is 20.9. The Morgan fingerprint density at radius 2 is 1.82 bits per heavy atom. The van der Waals surface area contributed by atoms with Crippen LogP contribution in [0.5, 0.6) is 5.75 Å². The number of esters is 2. The van der Waals surface area contributed by atoms with Crippen molar-refractivity contribution in [3.8, 4) is 5.75 Å². The molecule has 274 valence electrons. The molecule has 0 aromatic heterocycles. The summed E-state index contributed by atoms with van der Waals surface area (Å²) in [6.07, 6.45) is 14.4. The zero-order valence-electron chi connectivity index (χ0n) is 29.7. The highest BCUT2D eigenvalue weighted by molar-refractivity contribution is 8.82. The Morgan fingerprint density at radius 3 is 2.50 bits per heavy atom. The molecule has 1 aliphatic heterocycles. The first kappa shape index (κ1) is 41.1. The molecule has 0 saturated heterocycles. The number of allylic oxidation sites excluding steroid dienone is 3. The third-order valence-electron chi connectivity index (χ3n) is 8.77. The number of carbonyl (C=O) groups excluding carboxylic acids is 4. The number of ether oxygens (including phenoxy) is 4. The fourth-order valence-electron chi connectivity index (χ4n) is 5.59. The smallest absolute Gasteiger partial charge is 0.461 e. The summed E-state index contributed by atoms with van der Waals surface area (Å²) in [5, 5.41) is 10.7. The molecule has 1 aromatic carbocycles. The van der Waals surface area contributed by atoms with Gasteiger partial charge in [0, 0.05) is 40.9 Å². The molecule has 9 nitrogen and oxygen atoms in total. The second-order valence-corrected chi connectivity index (χ2v) is 15.5. The average molecular weight is 729 g/mol. The number of rotatable bonds is 20. The van der Waals surface area contributed by atoms with E-state index < -0.39 is 30.6 Å². The Bertz CT molecular complexity index is 1400. The van der Waals surface area contributed by atoms with Gasteiger partial charge in [0.2, 0.25) is 6.79 Å². The van der Waals surface area contributed by atoms with E-state index in [2.05, 4.69) is 13.5 Å². The molecule has 1 N–H and O–H groups in total. The van der Waals surface area contributed by atoms with E-state index in [0.717, 1.165) is 34.6 Å². The molecule has 11 heteroatoms. The quantitative estimate of drug-likeness (QED) is 0.0345. The minimum Gasteiger partial charge on any atom is -0.461 e. The monoisotopic (exact) mass is 728 g/mol. The van der Waals surface area contributed by atoms with Gasteiger partial charge in [-0.1, -0.05) is 105 Å². The van der Waals surface area contributed by atoms with Gasteiger partial charge in [-0.25, -0.2) is 4.79 Å². The largest absolute Gasteiger partial charge is 0.516 e. The Morgan fingerprint density at radius 1 is 1.06 bits per heavy atom. The van der Waals surface area contributed by atoms with Crippen molar-refractivity contribution in [3.63, 3.8) is 0 Å². The summed E-state index contributed by atoms with van der Waals surface area (Å²) in [5.74, 6) is -0.848. The average Bonchev–Trinajstić information content (AvgIpc) is 3.63. The van der Waals surface area contributed by atoms with Crippen LogP contribution in [0.1, 0.15) is 104 Å². The third kappa shape index (κ3) is 14.5. The number of ketones is 1. The molecule has 1 saturated carbocycles. The summed E-state index contributed by atoms with van der Waals surface area (Å²) >= 11 is 0. The Hall–Kier alpha value is -3.28. The molecule has 1 aromatic rings. The first-order valence-electron chi connectivity index (χ1n) is 17.5. The van der Waals surface area contributed by atoms with E-state index in [1.807, 2.05) is 63.3 Å². The van der Waals surface area contributed by atoms with Crippen molar-refractivity contribution >= 4 is 50.4 Å². The van der Waals surface area contributed by atoms with Crippen LogP contribution in [0.4, 0.5) is 4.79 Å². The van der Waals surface area contributed by atoms with Crippen LogP contribution in [0.15, 0.2) is 66.1 Å². The molecule has 1 fully saturated rings. The number of carbonyl (C=O) groups is 4. The molecule has 5 atom stereocenters. The summed E-state index contributed by atoms with van der Waals surface area (Å²) in [5.41, 5.74) is 0.154. The molecule has 3 rings (SSSR count). The van der Waals surface area contributed by atoms with Crippen LogP contribution in [0.2, 0.25) is 0 Å². The van der Waals surface area contributed by atoms with E-state index in [4.69, 9.17) is 18.9 Å². The number of unbranched alkanes of at least 4 members (excludes halogenated alkanes) is 2. The predicted octanol–water partition coefficient (Wildman–Crippen LogP) is 9.51. The standard InChI is InChI=1S/C39H52O9S2/c1-6-8-21-39(5,44)22-13-15-32-31(33(40)25-34(32)48-37(42)23-27(3)7-2)14-11-9-10-12-16-36(41)45-26-46-38(43)47-30-19-17-29(18-20-30)35-24-28(4)49-50-35/h9,11,13,15,17-20,24,27,31-32,34,44H,4,6-8,10,12,14,16,21-23,25-26H2,1-3,5H3/b11-9-,15-13+/t27?,31-,32-,34-,39+/m1/s1. The van der Waals surface area contributed by atoms with Crippen molar-refractivity contribution in [1.29, 1.82) is 0 Å². The number of Topliss-reactive ketones (excluding diaryl/α,β-unsaturated/α-hetero) is 1. The topological polar surface area (TPSA) is 125 Å². The summed E-state index contributed by atoms with van der Waals surface area (Å²) in [7, 11) is 3.21. The number of hydrogen-bond acceptors (Lipinski definition) is 11. The first-order chi connectivity index (χ1) is 23.9. The molecule has 0 spiro atoms. The SMILES string of the molecule is C=C1C=C(c2ccc(OC(=O)OCOC(=O)CCC/C=C\C[C@H]3C(=O)C[C@@H](OC(=O)CC(C)CC)[C@@H]3/C=C/C[C@@](C)(O)CCCC)cc2)SS1. The fraction of sp³-hybridized carbons (Fsp3) is 0.538. The van der Waals surface area contributed by atoms with Gasteiger partial charge in [-0.3, -0.25) is 14.4 Å². The van der Waals surface area contributed by atoms with Gasteiger partial charge in [0.15, 0.2) is 0 Å². The van der Waals surface area contributed by atoms with Gasteiger partial charge in [-0.2, -0.15) is 0 Å². The second-order valence-electron chi connectivity index (χ2n) is 13.2. The predicted molar refractivity (Wildman–Crippen MR) is 199 cm³/mol. The molecular formula is C39H52O9S2. The molecule has 1 heterocycles. The van der Waals surface area contributed by atoms with Crippen molar-refractivity contribution < 1.29 is 43.2 Å². The first-order valence-corrected chi connectivity index (χ1v) is 19.7. The van der Waals surface area contributed by atoms with Crippen molar-refractivity contribution in [2.24, 2.45) is 17.8 Å². The van der Waals surface area contributed by atoms with Crippen molar-refractivity contribution in [1.82, 2.24) is 0 Å². The van der Waals surface area contributed by atoms with E-state index >= 15 is 0 Å². The lowest BCUT2D eigenvalue weighted by molar-refractivity contribution is -0.153. The zero-order valence-corrected chi connectivity index (χ0v) is 31.4. The van der Waals surface area contributed by atoms with E-state index in [-0.39, 0.29) is 42.3 Å². The molecule has 0 radical (unpaired) electrons. The lowest BCUT2D eigenvalue weighted by Gasteiger charge is -2.23. The number of aliphatic hydroxyl groups is 1. The maximum absolute atomic E-state index is 13.1. The summed E-state index contributed by atoms with van der Waals surface area (Å²) in [6, 6.07) is 6.99. The van der Waals surface area contributed by atoms with Crippen LogP contribution in [0, 0.1) is 17.8 Å². The van der Waals surface area contributed by atoms with Crippen LogP contribution in [0.3, 0.4) is 0 Å². The van der Waals surface area contributed by atoms with Gasteiger partial charge in [-0.05, 0) is 68.7 Å². The minimum atomic E-state index is -0.976. The van der Waals surface area contributed by atoms with Crippen LogP contribution < -0.4 is 4.74 Å². The highest BCUT2D eigenvalue weighted by Gasteiger charge is 2.42. The highest BCUT2D eigenvalue weighted by Crippen LogP contribution is 2.48.